The Kier molecular flexibility index (Phi) is 3.89. The van der Waals surface area contributed by atoms with Crippen molar-refractivity contribution in [1.82, 2.24) is 19.2 Å². The van der Waals surface area contributed by atoms with Crippen molar-refractivity contribution in [3.8, 4) is 0 Å². The van der Waals surface area contributed by atoms with E-state index in [1.807, 2.05) is 29.5 Å². The van der Waals surface area contributed by atoms with Gasteiger partial charge in [0.15, 0.2) is 5.58 Å². The molecule has 3 aromatic heterocycles. The number of furan rings is 1. The lowest BCUT2D eigenvalue weighted by Crippen LogP contribution is -2.45. The van der Waals surface area contributed by atoms with Crippen LogP contribution in [-0.2, 0) is 18.4 Å². The van der Waals surface area contributed by atoms with E-state index in [0.29, 0.717) is 28.3 Å². The lowest BCUT2D eigenvalue weighted by Gasteiger charge is -2.35. The summed E-state index contributed by atoms with van der Waals surface area (Å²) in [7, 11) is 1.83. The lowest BCUT2D eigenvalue weighted by atomic mass is 9.92. The summed E-state index contributed by atoms with van der Waals surface area (Å²) in [4.78, 5) is 27.5. The fourth-order valence-electron chi connectivity index (χ4n) is 4.24. The second-order valence-electron chi connectivity index (χ2n) is 7.74. The molecule has 2 unspecified atom stereocenters. The number of piperidine rings is 1. The number of rotatable bonds is 2. The van der Waals surface area contributed by atoms with E-state index in [0.717, 1.165) is 30.8 Å². The molecule has 0 aromatic carbocycles. The Morgan fingerprint density at radius 3 is 2.69 bits per heavy atom. The van der Waals surface area contributed by atoms with E-state index in [-0.39, 0.29) is 18.0 Å². The molecule has 1 aliphatic rings. The molecular weight excluding hydrogens is 332 g/mol. The molecule has 0 N–H and O–H groups in total. The quantitative estimate of drug-likeness (QED) is 0.706. The summed E-state index contributed by atoms with van der Waals surface area (Å²) in [6.45, 7) is 7.66. The van der Waals surface area contributed by atoms with Gasteiger partial charge in [0, 0.05) is 26.2 Å². The molecule has 0 spiro atoms. The topological polar surface area (TPSA) is 73.3 Å². The van der Waals surface area contributed by atoms with E-state index in [1.165, 1.54) is 4.68 Å². The summed E-state index contributed by atoms with van der Waals surface area (Å²) in [5.74, 6) is 1.71. The first-order valence-electron chi connectivity index (χ1n) is 9.07. The smallest absolute Gasteiger partial charge is 0.291 e. The highest BCUT2D eigenvalue weighted by atomic mass is 16.3. The lowest BCUT2D eigenvalue weighted by molar-refractivity contribution is -0.134. The number of aromatic nitrogens is 3. The van der Waals surface area contributed by atoms with E-state index in [4.69, 9.17) is 4.42 Å². The number of fused-ring (bicyclic) bond motifs is 3. The number of nitrogens with zero attached hydrogens (tertiary/aromatic N) is 4. The van der Waals surface area contributed by atoms with Gasteiger partial charge in [-0.25, -0.2) is 4.68 Å². The van der Waals surface area contributed by atoms with Crippen molar-refractivity contribution in [2.75, 3.05) is 13.1 Å². The molecule has 4 heterocycles. The number of carbonyl (C=O) groups excluding carboxylic acids is 1. The largest absolute Gasteiger partial charge is 0.459 e. The van der Waals surface area contributed by atoms with Gasteiger partial charge in [0.2, 0.25) is 5.91 Å². The number of likely N-dealkylation sites (tertiary alicyclic amines) is 1. The maximum atomic E-state index is 12.9. The third kappa shape index (κ3) is 2.62. The maximum Gasteiger partial charge on any atom is 0.291 e. The first kappa shape index (κ1) is 16.9. The van der Waals surface area contributed by atoms with Gasteiger partial charge >= 0.3 is 0 Å². The highest BCUT2D eigenvalue weighted by Gasteiger charge is 2.26. The van der Waals surface area contributed by atoms with Gasteiger partial charge in [0.25, 0.3) is 5.56 Å². The van der Waals surface area contributed by atoms with Crippen LogP contribution in [0.2, 0.25) is 0 Å². The summed E-state index contributed by atoms with van der Waals surface area (Å²) in [6, 6.07) is 1.90. The first-order valence-corrected chi connectivity index (χ1v) is 9.07. The second-order valence-corrected chi connectivity index (χ2v) is 7.74. The molecule has 7 heteroatoms. The molecule has 0 aliphatic carbocycles. The van der Waals surface area contributed by atoms with Crippen molar-refractivity contribution in [1.29, 1.82) is 0 Å². The Hall–Kier alpha value is -2.57. The Bertz CT molecular complexity index is 1050. The number of amides is 1. The van der Waals surface area contributed by atoms with Crippen LogP contribution in [0.1, 0.15) is 26.0 Å². The van der Waals surface area contributed by atoms with E-state index in [9.17, 15) is 9.59 Å². The molecule has 2 atom stereocenters. The van der Waals surface area contributed by atoms with Gasteiger partial charge in [-0.2, -0.15) is 5.10 Å². The van der Waals surface area contributed by atoms with Crippen molar-refractivity contribution < 1.29 is 9.21 Å². The van der Waals surface area contributed by atoms with E-state index in [2.05, 4.69) is 18.9 Å². The predicted molar refractivity (Wildman–Crippen MR) is 99.0 cm³/mol. The second kappa shape index (κ2) is 6.00. The van der Waals surface area contributed by atoms with Crippen molar-refractivity contribution in [3.05, 3.63) is 28.4 Å². The minimum absolute atomic E-state index is 0.0280. The van der Waals surface area contributed by atoms with Gasteiger partial charge in [-0.1, -0.05) is 13.8 Å². The molecule has 7 nitrogen and oxygen atoms in total. The summed E-state index contributed by atoms with van der Waals surface area (Å²) < 4.78 is 8.79. The van der Waals surface area contributed by atoms with Crippen LogP contribution in [-0.4, -0.2) is 38.2 Å². The van der Waals surface area contributed by atoms with Gasteiger partial charge in [0.1, 0.15) is 17.8 Å². The molecule has 0 radical (unpaired) electrons. The molecule has 1 fully saturated rings. The number of aryl methyl sites for hydroxylation is 2. The van der Waals surface area contributed by atoms with Gasteiger partial charge in [-0.3, -0.25) is 9.59 Å². The van der Waals surface area contributed by atoms with Crippen LogP contribution in [0.4, 0.5) is 0 Å². The molecule has 0 bridgehead atoms. The number of hydrogen-bond donors (Lipinski definition) is 0. The summed E-state index contributed by atoms with van der Waals surface area (Å²) in [5, 5.41) is 4.92. The SMILES string of the molecule is Cc1cc2c(o1)c1cnn(CC(=O)N3CC(C)CC(C)C3)c(=O)c1n2C. The zero-order valence-electron chi connectivity index (χ0n) is 15.7. The van der Waals surface area contributed by atoms with E-state index < -0.39 is 0 Å². The molecule has 1 amide bonds. The molecule has 4 rings (SSSR count). The van der Waals surface area contributed by atoms with Crippen LogP contribution >= 0.6 is 0 Å². The van der Waals surface area contributed by atoms with Crippen LogP contribution in [0.5, 0.6) is 0 Å². The average Bonchev–Trinajstić information content (AvgIpc) is 3.07. The van der Waals surface area contributed by atoms with Crippen LogP contribution in [0.25, 0.3) is 22.0 Å². The maximum absolute atomic E-state index is 12.9. The highest BCUT2D eigenvalue weighted by molar-refractivity contribution is 6.04. The predicted octanol–water partition coefficient (Wildman–Crippen LogP) is 2.29. The van der Waals surface area contributed by atoms with E-state index >= 15 is 0 Å². The number of carbonyl (C=O) groups is 1. The zero-order chi connectivity index (χ0) is 18.6. The van der Waals surface area contributed by atoms with Crippen molar-refractivity contribution >= 4 is 27.9 Å². The minimum atomic E-state index is -0.263. The molecule has 26 heavy (non-hydrogen) atoms. The van der Waals surface area contributed by atoms with Gasteiger partial charge in [-0.05, 0) is 25.2 Å². The Labute approximate surface area is 151 Å². The van der Waals surface area contributed by atoms with Gasteiger partial charge in [-0.15, -0.1) is 0 Å². The standard InChI is InChI=1S/C19H24N4O3/c1-11-5-12(2)9-22(8-11)16(24)10-23-19(25)17-14(7-20-23)18-15(21(17)4)6-13(3)26-18/h6-7,11-12H,5,8-10H2,1-4H3. The Morgan fingerprint density at radius 1 is 1.31 bits per heavy atom. The monoisotopic (exact) mass is 356 g/mol. The zero-order valence-corrected chi connectivity index (χ0v) is 15.7. The molecular formula is C19H24N4O3. The fraction of sp³-hybridized carbons (Fsp3) is 0.526. The van der Waals surface area contributed by atoms with Gasteiger partial charge < -0.3 is 13.9 Å². The first-order chi connectivity index (χ1) is 12.3. The summed E-state index contributed by atoms with van der Waals surface area (Å²) >= 11 is 0. The Morgan fingerprint density at radius 2 is 2.00 bits per heavy atom. The molecule has 1 saturated heterocycles. The molecule has 3 aromatic rings. The van der Waals surface area contributed by atoms with Crippen molar-refractivity contribution in [2.24, 2.45) is 18.9 Å². The fourth-order valence-corrected chi connectivity index (χ4v) is 4.24. The highest BCUT2D eigenvalue weighted by Crippen LogP contribution is 2.28. The third-order valence-corrected chi connectivity index (χ3v) is 5.30. The molecule has 138 valence electrons. The summed E-state index contributed by atoms with van der Waals surface area (Å²) in [6.07, 6.45) is 2.76. The van der Waals surface area contributed by atoms with Crippen molar-refractivity contribution in [2.45, 2.75) is 33.7 Å². The average molecular weight is 356 g/mol. The normalized spacial score (nSPS) is 21.0. The number of hydrogen-bond acceptors (Lipinski definition) is 4. The third-order valence-electron chi connectivity index (χ3n) is 5.30. The van der Waals surface area contributed by atoms with E-state index in [1.54, 1.807) is 6.20 Å². The van der Waals surface area contributed by atoms with Crippen LogP contribution in [0, 0.1) is 18.8 Å². The van der Waals surface area contributed by atoms with Crippen LogP contribution < -0.4 is 5.56 Å². The van der Waals surface area contributed by atoms with Crippen LogP contribution in [0.15, 0.2) is 21.5 Å². The van der Waals surface area contributed by atoms with Gasteiger partial charge in [0.05, 0.1) is 17.1 Å². The minimum Gasteiger partial charge on any atom is -0.459 e. The summed E-state index contributed by atoms with van der Waals surface area (Å²) in [5.41, 5.74) is 1.78. The molecule has 0 saturated carbocycles. The molecule has 1 aliphatic heterocycles. The van der Waals surface area contributed by atoms with Crippen LogP contribution in [0.3, 0.4) is 0 Å². The van der Waals surface area contributed by atoms with Crippen molar-refractivity contribution in [3.63, 3.8) is 0 Å². The Balaban J connectivity index is 1.69.